The summed E-state index contributed by atoms with van der Waals surface area (Å²) in [6, 6.07) is -0.807. The summed E-state index contributed by atoms with van der Waals surface area (Å²) in [7, 11) is 0. The lowest BCUT2D eigenvalue weighted by Crippen LogP contribution is -3.00. The Morgan fingerprint density at radius 1 is 1.43 bits per heavy atom. The second-order valence-electron chi connectivity index (χ2n) is 4.47. The highest BCUT2D eigenvalue weighted by molar-refractivity contribution is 8.00. The largest absolute Gasteiger partial charge is 1.00 e. The molecule has 0 spiro atoms. The molecule has 21 heavy (non-hydrogen) atoms. The van der Waals surface area contributed by atoms with Crippen LogP contribution in [0.25, 0.3) is 0 Å². The maximum atomic E-state index is 11.8. The molecule has 0 aromatic rings. The number of carboxylic acid groups (broad SMARTS) is 1. The minimum Gasteiger partial charge on any atom is -1.00 e. The maximum absolute atomic E-state index is 11.8. The Hall–Kier alpha value is -0.930. The number of carbonyl (C=O) groups is 4. The van der Waals surface area contributed by atoms with Crippen LogP contribution in [0.15, 0.2) is 0 Å². The van der Waals surface area contributed by atoms with Crippen LogP contribution in [-0.2, 0) is 19.2 Å². The summed E-state index contributed by atoms with van der Waals surface area (Å²) in [6.07, 6.45) is -0.231. The summed E-state index contributed by atoms with van der Waals surface area (Å²) in [5.74, 6) is -1.63. The quantitative estimate of drug-likeness (QED) is 0.421. The van der Waals surface area contributed by atoms with Crippen molar-refractivity contribution >= 4 is 35.3 Å². The summed E-state index contributed by atoms with van der Waals surface area (Å²) in [5, 5.41) is 8.00. The molecule has 9 heteroatoms. The second-order valence-corrected chi connectivity index (χ2v) is 5.70. The van der Waals surface area contributed by atoms with E-state index in [1.54, 1.807) is 6.92 Å². The molecule has 1 aliphatic heterocycles. The number of nitrogens with two attached hydrogens (primary N) is 1. The topological polar surface area (TPSA) is 118 Å². The van der Waals surface area contributed by atoms with Gasteiger partial charge in [0.05, 0.1) is 17.7 Å². The molecule has 1 aliphatic rings. The second kappa shape index (κ2) is 9.16. The van der Waals surface area contributed by atoms with Gasteiger partial charge in [0.15, 0.2) is 5.78 Å². The van der Waals surface area contributed by atoms with Crippen LogP contribution in [0.1, 0.15) is 26.2 Å². The van der Waals surface area contributed by atoms with Crippen LogP contribution in [0.3, 0.4) is 0 Å². The first-order valence-electron chi connectivity index (χ1n) is 6.32. The average molecular weight is 382 g/mol. The number of rotatable bonds is 8. The fraction of sp³-hybridized carbons (Fsp3) is 0.667. The molecule has 2 atom stereocenters. The van der Waals surface area contributed by atoms with E-state index in [1.165, 1.54) is 16.7 Å². The Morgan fingerprint density at radius 3 is 2.52 bits per heavy atom. The van der Waals surface area contributed by atoms with Crippen molar-refractivity contribution < 1.29 is 41.3 Å². The van der Waals surface area contributed by atoms with Crippen LogP contribution in [-0.4, -0.2) is 57.2 Å². The van der Waals surface area contributed by atoms with Gasteiger partial charge in [-0.15, -0.1) is 11.8 Å². The van der Waals surface area contributed by atoms with Crippen LogP contribution in [0, 0.1) is 0 Å². The minimum atomic E-state index is -1.05. The molecule has 1 heterocycles. The standard InChI is InChI=1S/C12H18N2O5S.BrH/c1-2-14-10(16)5-9(12(14)19)20-6-7(13)8(15)3-4-11(17)18;/h7,9H,2-6,13H2,1H3,(H,17,18);1H/p-1. The van der Waals surface area contributed by atoms with E-state index in [0.717, 1.165) is 0 Å². The van der Waals surface area contributed by atoms with Gasteiger partial charge in [-0.25, -0.2) is 0 Å². The summed E-state index contributed by atoms with van der Waals surface area (Å²) in [6.45, 7) is 2.07. The van der Waals surface area contributed by atoms with Gasteiger partial charge in [-0.2, -0.15) is 0 Å². The molecule has 0 aromatic heterocycles. The van der Waals surface area contributed by atoms with E-state index in [-0.39, 0.29) is 59.6 Å². The van der Waals surface area contributed by atoms with Gasteiger partial charge in [-0.3, -0.25) is 24.1 Å². The van der Waals surface area contributed by atoms with Crippen molar-refractivity contribution in [3.8, 4) is 0 Å². The van der Waals surface area contributed by atoms with Gasteiger partial charge in [0, 0.05) is 25.1 Å². The Morgan fingerprint density at radius 2 is 2.05 bits per heavy atom. The van der Waals surface area contributed by atoms with Crippen LogP contribution in [0.5, 0.6) is 0 Å². The average Bonchev–Trinajstić information content (AvgIpc) is 2.67. The molecule has 0 aromatic carbocycles. The molecule has 1 saturated heterocycles. The van der Waals surface area contributed by atoms with Crippen molar-refractivity contribution in [2.45, 2.75) is 37.5 Å². The Balaban J connectivity index is 0.00000400. The number of hydrogen-bond acceptors (Lipinski definition) is 6. The Bertz CT molecular complexity index is 432. The van der Waals surface area contributed by atoms with Crippen LogP contribution < -0.4 is 22.7 Å². The number of aliphatic carboxylic acids is 1. The lowest BCUT2D eigenvalue weighted by Gasteiger charge is -2.13. The minimum absolute atomic E-state index is 0. The van der Waals surface area contributed by atoms with E-state index in [1.807, 2.05) is 0 Å². The fourth-order valence-corrected chi connectivity index (χ4v) is 3.00. The first-order valence-corrected chi connectivity index (χ1v) is 7.37. The van der Waals surface area contributed by atoms with Gasteiger partial charge in [0.25, 0.3) is 0 Å². The van der Waals surface area contributed by atoms with Crippen LogP contribution >= 0.6 is 11.8 Å². The summed E-state index contributed by atoms with van der Waals surface area (Å²) in [5.41, 5.74) is 5.66. The van der Waals surface area contributed by atoms with Crippen molar-refractivity contribution in [1.29, 1.82) is 0 Å². The predicted octanol–water partition coefficient (Wildman–Crippen LogP) is -3.37. The summed E-state index contributed by atoms with van der Waals surface area (Å²) in [4.78, 5) is 46.4. The molecule has 1 rings (SSSR count). The van der Waals surface area contributed by atoms with Gasteiger partial charge in [-0.05, 0) is 6.92 Å². The van der Waals surface area contributed by atoms with E-state index in [4.69, 9.17) is 10.8 Å². The molecule has 0 saturated carbocycles. The SMILES string of the molecule is CCN1C(=O)CC(SCC(N)C(=O)CCC(=O)O)C1=O.[Br-]. The number of nitrogens with zero attached hydrogens (tertiary/aromatic N) is 1. The first kappa shape index (κ1) is 20.1. The molecular weight excluding hydrogens is 364 g/mol. The molecule has 2 amide bonds. The van der Waals surface area contributed by atoms with Crippen molar-refractivity contribution in [3.05, 3.63) is 0 Å². The van der Waals surface area contributed by atoms with Gasteiger partial charge >= 0.3 is 5.97 Å². The van der Waals surface area contributed by atoms with E-state index in [0.29, 0.717) is 6.54 Å². The molecule has 0 aliphatic carbocycles. The number of likely N-dealkylation sites (tertiary alicyclic amines) is 1. The number of halogens is 1. The zero-order valence-corrected chi connectivity index (χ0v) is 14.0. The molecule has 1 fully saturated rings. The summed E-state index contributed by atoms with van der Waals surface area (Å²) < 4.78 is 0. The highest BCUT2D eigenvalue weighted by Crippen LogP contribution is 2.25. The van der Waals surface area contributed by atoms with Crippen LogP contribution in [0.2, 0.25) is 0 Å². The molecule has 7 nitrogen and oxygen atoms in total. The lowest BCUT2D eigenvalue weighted by atomic mass is 10.1. The number of carboxylic acids is 1. The molecule has 0 bridgehead atoms. The van der Waals surface area contributed by atoms with Gasteiger partial charge in [0.1, 0.15) is 0 Å². The number of imide groups is 1. The maximum Gasteiger partial charge on any atom is 0.303 e. The molecule has 0 radical (unpaired) electrons. The Labute approximate surface area is 137 Å². The number of hydrogen-bond donors (Lipinski definition) is 2. The zero-order chi connectivity index (χ0) is 15.3. The third-order valence-corrected chi connectivity index (χ3v) is 4.32. The Kier molecular flexibility index (Phi) is 8.76. The summed E-state index contributed by atoms with van der Waals surface area (Å²) >= 11 is 1.18. The van der Waals surface area contributed by atoms with Gasteiger partial charge < -0.3 is 27.8 Å². The fourth-order valence-electron chi connectivity index (χ4n) is 1.84. The normalized spacial score (nSPS) is 19.3. The van der Waals surface area contributed by atoms with Crippen molar-refractivity contribution in [2.75, 3.05) is 12.3 Å². The smallest absolute Gasteiger partial charge is 0.303 e. The van der Waals surface area contributed by atoms with Crippen LogP contribution in [0.4, 0.5) is 0 Å². The number of carbonyl (C=O) groups excluding carboxylic acids is 3. The number of ketones is 1. The highest BCUT2D eigenvalue weighted by Gasteiger charge is 2.38. The number of Topliss-reactive ketones (excluding diaryl/α,β-unsaturated/α-hetero) is 1. The number of thioether (sulfide) groups is 1. The lowest BCUT2D eigenvalue weighted by molar-refractivity contribution is -0.139. The van der Waals surface area contributed by atoms with E-state index >= 15 is 0 Å². The molecule has 120 valence electrons. The molecule has 3 N–H and O–H groups in total. The highest BCUT2D eigenvalue weighted by atomic mass is 79.9. The third kappa shape index (κ3) is 5.76. The van der Waals surface area contributed by atoms with Crippen molar-refractivity contribution in [2.24, 2.45) is 5.73 Å². The van der Waals surface area contributed by atoms with E-state index in [2.05, 4.69) is 0 Å². The monoisotopic (exact) mass is 381 g/mol. The van der Waals surface area contributed by atoms with E-state index in [9.17, 15) is 19.2 Å². The van der Waals surface area contributed by atoms with Gasteiger partial charge in [0.2, 0.25) is 11.8 Å². The number of amides is 2. The first-order chi connectivity index (χ1) is 9.36. The van der Waals surface area contributed by atoms with Gasteiger partial charge in [-0.1, -0.05) is 0 Å². The third-order valence-electron chi connectivity index (χ3n) is 2.99. The zero-order valence-electron chi connectivity index (χ0n) is 11.6. The molecule has 2 unspecified atom stereocenters. The predicted molar refractivity (Wildman–Crippen MR) is 73.1 cm³/mol. The van der Waals surface area contributed by atoms with Crippen molar-refractivity contribution in [3.63, 3.8) is 0 Å². The molecular formula is C12H18BrN2O5S-. The van der Waals surface area contributed by atoms with E-state index < -0.39 is 17.3 Å². The van der Waals surface area contributed by atoms with Crippen molar-refractivity contribution in [1.82, 2.24) is 4.90 Å².